The molecular formula is C13H19NOS. The summed E-state index contributed by atoms with van der Waals surface area (Å²) >= 11 is 1.88. The minimum atomic E-state index is 0.0954. The van der Waals surface area contributed by atoms with Crippen molar-refractivity contribution in [2.24, 2.45) is 5.73 Å². The molecule has 88 valence electrons. The first kappa shape index (κ1) is 11.8. The lowest BCUT2D eigenvalue weighted by Crippen LogP contribution is -2.18. The van der Waals surface area contributed by atoms with Crippen molar-refractivity contribution in [3.8, 4) is 5.75 Å². The van der Waals surface area contributed by atoms with Gasteiger partial charge in [-0.15, -0.1) is 0 Å². The molecule has 2 rings (SSSR count). The number of para-hydroxylation sites is 1. The molecule has 3 heteroatoms. The molecule has 1 aromatic carbocycles. The Kier molecular flexibility index (Phi) is 4.13. The Labute approximate surface area is 102 Å². The monoisotopic (exact) mass is 237 g/mol. The maximum Gasteiger partial charge on any atom is 0.127 e. The third kappa shape index (κ3) is 2.53. The highest BCUT2D eigenvalue weighted by atomic mass is 32.2. The molecule has 1 unspecified atom stereocenters. The minimum Gasteiger partial charge on any atom is -0.493 e. The van der Waals surface area contributed by atoms with Gasteiger partial charge in [-0.05, 0) is 24.2 Å². The van der Waals surface area contributed by atoms with Crippen LogP contribution < -0.4 is 10.5 Å². The highest BCUT2D eigenvalue weighted by Crippen LogP contribution is 2.33. The van der Waals surface area contributed by atoms with E-state index in [0.29, 0.717) is 0 Å². The smallest absolute Gasteiger partial charge is 0.127 e. The number of aryl methyl sites for hydroxylation is 1. The highest BCUT2D eigenvalue weighted by molar-refractivity contribution is 7.99. The number of fused-ring (bicyclic) bond motifs is 1. The van der Waals surface area contributed by atoms with Crippen molar-refractivity contribution in [2.45, 2.75) is 25.8 Å². The molecule has 1 aromatic rings. The van der Waals surface area contributed by atoms with Gasteiger partial charge in [0, 0.05) is 17.4 Å². The Bertz CT molecular complexity index is 354. The van der Waals surface area contributed by atoms with E-state index in [1.54, 1.807) is 0 Å². The summed E-state index contributed by atoms with van der Waals surface area (Å²) in [6.45, 7) is 2.99. The fourth-order valence-electron chi connectivity index (χ4n) is 2.04. The van der Waals surface area contributed by atoms with E-state index in [4.69, 9.17) is 10.5 Å². The van der Waals surface area contributed by atoms with Gasteiger partial charge in [-0.3, -0.25) is 0 Å². The molecule has 16 heavy (non-hydrogen) atoms. The summed E-state index contributed by atoms with van der Waals surface area (Å²) in [6.07, 6.45) is 2.24. The van der Waals surface area contributed by atoms with Crippen LogP contribution in [-0.4, -0.2) is 18.1 Å². The molecule has 0 bridgehead atoms. The molecule has 0 saturated carbocycles. The Morgan fingerprint density at radius 2 is 2.38 bits per heavy atom. The molecule has 2 N–H and O–H groups in total. The number of rotatable bonds is 4. The van der Waals surface area contributed by atoms with Crippen LogP contribution in [-0.2, 0) is 6.42 Å². The Morgan fingerprint density at radius 3 is 3.19 bits per heavy atom. The van der Waals surface area contributed by atoms with Crippen LogP contribution in [0.5, 0.6) is 5.75 Å². The molecule has 0 fully saturated rings. The summed E-state index contributed by atoms with van der Waals surface area (Å²) in [5.41, 5.74) is 8.70. The van der Waals surface area contributed by atoms with E-state index < -0.39 is 0 Å². The molecule has 0 spiro atoms. The summed E-state index contributed by atoms with van der Waals surface area (Å²) in [5.74, 6) is 3.14. The SMILES string of the molecule is CCSCC(N)c1cccc2c1OCCC2. The predicted octanol–water partition coefficient (Wildman–Crippen LogP) is 2.76. The summed E-state index contributed by atoms with van der Waals surface area (Å²) in [6, 6.07) is 6.44. The quantitative estimate of drug-likeness (QED) is 0.874. The summed E-state index contributed by atoms with van der Waals surface area (Å²) in [5, 5.41) is 0. The largest absolute Gasteiger partial charge is 0.493 e. The zero-order valence-corrected chi connectivity index (χ0v) is 10.6. The highest BCUT2D eigenvalue weighted by Gasteiger charge is 2.18. The van der Waals surface area contributed by atoms with E-state index in [0.717, 1.165) is 36.7 Å². The Balaban J connectivity index is 2.19. The lowest BCUT2D eigenvalue weighted by atomic mass is 9.99. The normalized spacial score (nSPS) is 16.4. The van der Waals surface area contributed by atoms with E-state index in [1.807, 2.05) is 11.8 Å². The lowest BCUT2D eigenvalue weighted by molar-refractivity contribution is 0.284. The molecule has 0 aromatic heterocycles. The van der Waals surface area contributed by atoms with Crippen LogP contribution >= 0.6 is 11.8 Å². The predicted molar refractivity (Wildman–Crippen MR) is 70.2 cm³/mol. The van der Waals surface area contributed by atoms with Crippen molar-refractivity contribution < 1.29 is 4.74 Å². The number of hydrogen-bond donors (Lipinski definition) is 1. The van der Waals surface area contributed by atoms with Crippen LogP contribution in [0.25, 0.3) is 0 Å². The van der Waals surface area contributed by atoms with Crippen LogP contribution in [0.3, 0.4) is 0 Å². The maximum absolute atomic E-state index is 6.20. The molecule has 1 aliphatic heterocycles. The zero-order chi connectivity index (χ0) is 11.4. The van der Waals surface area contributed by atoms with Crippen LogP contribution in [0, 0.1) is 0 Å². The second-order valence-corrected chi connectivity index (χ2v) is 5.37. The van der Waals surface area contributed by atoms with E-state index in [-0.39, 0.29) is 6.04 Å². The third-order valence-electron chi connectivity index (χ3n) is 2.86. The molecule has 0 aliphatic carbocycles. The summed E-state index contributed by atoms with van der Waals surface area (Å²) in [7, 11) is 0. The van der Waals surface area contributed by atoms with E-state index >= 15 is 0 Å². The minimum absolute atomic E-state index is 0.0954. The van der Waals surface area contributed by atoms with Gasteiger partial charge in [0.05, 0.1) is 6.61 Å². The average molecular weight is 237 g/mol. The van der Waals surface area contributed by atoms with Crippen LogP contribution in [0.1, 0.15) is 30.5 Å². The molecule has 0 amide bonds. The first-order chi connectivity index (χ1) is 7.83. The third-order valence-corrected chi connectivity index (χ3v) is 3.87. The van der Waals surface area contributed by atoms with Crippen molar-refractivity contribution in [2.75, 3.05) is 18.1 Å². The van der Waals surface area contributed by atoms with Gasteiger partial charge < -0.3 is 10.5 Å². The second-order valence-electron chi connectivity index (χ2n) is 4.05. The lowest BCUT2D eigenvalue weighted by Gasteiger charge is -2.23. The van der Waals surface area contributed by atoms with Gasteiger partial charge in [-0.2, -0.15) is 11.8 Å². The van der Waals surface area contributed by atoms with Gasteiger partial charge in [-0.1, -0.05) is 25.1 Å². The molecular weight excluding hydrogens is 218 g/mol. The van der Waals surface area contributed by atoms with Crippen LogP contribution in [0.4, 0.5) is 0 Å². The van der Waals surface area contributed by atoms with Crippen LogP contribution in [0.2, 0.25) is 0 Å². The maximum atomic E-state index is 6.20. The first-order valence-electron chi connectivity index (χ1n) is 5.91. The van der Waals surface area contributed by atoms with Crippen molar-refractivity contribution >= 4 is 11.8 Å². The average Bonchev–Trinajstić information content (AvgIpc) is 2.35. The molecule has 1 heterocycles. The molecule has 0 radical (unpaired) electrons. The van der Waals surface area contributed by atoms with Crippen molar-refractivity contribution in [3.05, 3.63) is 29.3 Å². The zero-order valence-electron chi connectivity index (χ0n) is 9.74. The molecule has 2 nitrogen and oxygen atoms in total. The molecule has 1 atom stereocenters. The van der Waals surface area contributed by atoms with Crippen LogP contribution in [0.15, 0.2) is 18.2 Å². The van der Waals surface area contributed by atoms with Gasteiger partial charge in [0.1, 0.15) is 5.75 Å². The Hall–Kier alpha value is -0.670. The second kappa shape index (κ2) is 5.60. The topological polar surface area (TPSA) is 35.2 Å². The van der Waals surface area contributed by atoms with Crippen molar-refractivity contribution in [1.29, 1.82) is 0 Å². The van der Waals surface area contributed by atoms with Gasteiger partial charge in [0.2, 0.25) is 0 Å². The van der Waals surface area contributed by atoms with Crippen molar-refractivity contribution in [3.63, 3.8) is 0 Å². The van der Waals surface area contributed by atoms with Gasteiger partial charge in [0.25, 0.3) is 0 Å². The summed E-state index contributed by atoms with van der Waals surface area (Å²) in [4.78, 5) is 0. The number of benzene rings is 1. The molecule has 1 aliphatic rings. The fourth-order valence-corrected chi connectivity index (χ4v) is 2.71. The number of ether oxygens (including phenoxy) is 1. The standard InChI is InChI=1S/C13H19NOS/c1-2-16-9-12(14)11-7-3-5-10-6-4-8-15-13(10)11/h3,5,7,12H,2,4,6,8-9,14H2,1H3. The van der Waals surface area contributed by atoms with E-state index in [1.165, 1.54) is 11.1 Å². The van der Waals surface area contributed by atoms with Gasteiger partial charge >= 0.3 is 0 Å². The molecule has 0 saturated heterocycles. The fraction of sp³-hybridized carbons (Fsp3) is 0.538. The number of thioether (sulfide) groups is 1. The van der Waals surface area contributed by atoms with Gasteiger partial charge in [-0.25, -0.2) is 0 Å². The number of hydrogen-bond acceptors (Lipinski definition) is 3. The summed E-state index contributed by atoms with van der Waals surface area (Å²) < 4.78 is 5.77. The Morgan fingerprint density at radius 1 is 1.50 bits per heavy atom. The first-order valence-corrected chi connectivity index (χ1v) is 7.06. The van der Waals surface area contributed by atoms with E-state index in [9.17, 15) is 0 Å². The van der Waals surface area contributed by atoms with Gasteiger partial charge in [0.15, 0.2) is 0 Å². The van der Waals surface area contributed by atoms with Crippen molar-refractivity contribution in [1.82, 2.24) is 0 Å². The number of nitrogens with two attached hydrogens (primary N) is 1. The van der Waals surface area contributed by atoms with E-state index in [2.05, 4.69) is 25.1 Å².